The molecule has 0 spiro atoms. The number of rotatable bonds is 8. The van der Waals surface area contributed by atoms with E-state index < -0.39 is 0 Å². The van der Waals surface area contributed by atoms with E-state index in [1.807, 2.05) is 36.4 Å². The number of piperazine rings is 1. The SMILES string of the molecule is COCCCOc1cccc(CN=C(N)N2CCN(c3ccc(F)cc3)CC2)c1. The van der Waals surface area contributed by atoms with Gasteiger partial charge in [0, 0.05) is 52.0 Å². The van der Waals surface area contributed by atoms with Gasteiger partial charge >= 0.3 is 0 Å². The Balaban J connectivity index is 1.48. The summed E-state index contributed by atoms with van der Waals surface area (Å²) in [6, 6.07) is 14.5. The van der Waals surface area contributed by atoms with Crippen LogP contribution in [0.3, 0.4) is 0 Å². The third kappa shape index (κ3) is 6.35. The second-order valence-corrected chi connectivity index (χ2v) is 6.97. The van der Waals surface area contributed by atoms with E-state index in [0.29, 0.717) is 25.7 Å². The maximum atomic E-state index is 13.1. The molecule has 0 saturated carbocycles. The Morgan fingerprint density at radius 1 is 1.07 bits per heavy atom. The van der Waals surface area contributed by atoms with Crippen LogP contribution in [0.15, 0.2) is 53.5 Å². The van der Waals surface area contributed by atoms with Crippen LogP contribution in [0, 0.1) is 5.82 Å². The average Bonchev–Trinajstić information content (AvgIpc) is 2.76. The lowest BCUT2D eigenvalue weighted by atomic mass is 10.2. The number of ether oxygens (including phenoxy) is 2. The van der Waals surface area contributed by atoms with Crippen LogP contribution in [-0.2, 0) is 11.3 Å². The molecule has 0 bridgehead atoms. The standard InChI is InChI=1S/C22H29FN4O2/c1-28-14-3-15-29-21-5-2-4-18(16-21)17-25-22(24)27-12-10-26(11-13-27)20-8-6-19(23)7-9-20/h2,4-9,16H,3,10-15,17H2,1H3,(H2,24,25). The zero-order valence-electron chi connectivity index (χ0n) is 16.9. The van der Waals surface area contributed by atoms with Crippen LogP contribution in [0.5, 0.6) is 5.75 Å². The Morgan fingerprint density at radius 2 is 1.83 bits per heavy atom. The fourth-order valence-corrected chi connectivity index (χ4v) is 3.24. The number of methoxy groups -OCH3 is 1. The summed E-state index contributed by atoms with van der Waals surface area (Å²) in [5.74, 6) is 1.17. The molecule has 0 unspecified atom stereocenters. The number of hydrogen-bond donors (Lipinski definition) is 1. The van der Waals surface area contributed by atoms with E-state index in [1.54, 1.807) is 7.11 Å². The molecule has 1 heterocycles. The Kier molecular flexibility index (Phi) is 7.69. The number of aliphatic imine (C=N–C) groups is 1. The molecule has 0 amide bonds. The molecule has 1 saturated heterocycles. The lowest BCUT2D eigenvalue weighted by Gasteiger charge is -2.36. The first-order chi connectivity index (χ1) is 14.2. The van der Waals surface area contributed by atoms with Crippen LogP contribution in [-0.4, -0.2) is 57.4 Å². The number of anilines is 1. The van der Waals surface area contributed by atoms with Gasteiger partial charge in [-0.2, -0.15) is 0 Å². The van der Waals surface area contributed by atoms with Gasteiger partial charge in [-0.25, -0.2) is 9.38 Å². The van der Waals surface area contributed by atoms with E-state index >= 15 is 0 Å². The highest BCUT2D eigenvalue weighted by Gasteiger charge is 2.18. The fraction of sp³-hybridized carbons (Fsp3) is 0.409. The predicted molar refractivity (Wildman–Crippen MR) is 114 cm³/mol. The highest BCUT2D eigenvalue weighted by molar-refractivity contribution is 5.78. The minimum atomic E-state index is -0.215. The molecule has 6 nitrogen and oxygen atoms in total. The average molecular weight is 400 g/mol. The summed E-state index contributed by atoms with van der Waals surface area (Å²) in [4.78, 5) is 8.87. The normalized spacial score (nSPS) is 14.9. The molecule has 156 valence electrons. The molecule has 1 aliphatic rings. The number of hydrogen-bond acceptors (Lipinski definition) is 4. The number of guanidine groups is 1. The van der Waals surface area contributed by atoms with Crippen LogP contribution in [0.1, 0.15) is 12.0 Å². The van der Waals surface area contributed by atoms with Gasteiger partial charge < -0.3 is 25.0 Å². The van der Waals surface area contributed by atoms with Crippen molar-refractivity contribution in [1.82, 2.24) is 4.90 Å². The highest BCUT2D eigenvalue weighted by Crippen LogP contribution is 2.17. The van der Waals surface area contributed by atoms with Crippen LogP contribution < -0.4 is 15.4 Å². The van der Waals surface area contributed by atoms with Crippen molar-refractivity contribution >= 4 is 11.6 Å². The fourth-order valence-electron chi connectivity index (χ4n) is 3.24. The van der Waals surface area contributed by atoms with E-state index in [0.717, 1.165) is 49.6 Å². The van der Waals surface area contributed by atoms with E-state index in [2.05, 4.69) is 14.8 Å². The smallest absolute Gasteiger partial charge is 0.191 e. The minimum absolute atomic E-state index is 0.215. The Hall–Kier alpha value is -2.80. The van der Waals surface area contributed by atoms with Crippen molar-refractivity contribution < 1.29 is 13.9 Å². The van der Waals surface area contributed by atoms with Gasteiger partial charge in [0.1, 0.15) is 11.6 Å². The lowest BCUT2D eigenvalue weighted by Crippen LogP contribution is -2.51. The monoisotopic (exact) mass is 400 g/mol. The second kappa shape index (κ2) is 10.7. The van der Waals surface area contributed by atoms with Gasteiger partial charge in [-0.3, -0.25) is 0 Å². The third-order valence-electron chi connectivity index (χ3n) is 4.88. The first kappa shape index (κ1) is 20.9. The maximum absolute atomic E-state index is 13.1. The van der Waals surface area contributed by atoms with Crippen molar-refractivity contribution in [3.63, 3.8) is 0 Å². The van der Waals surface area contributed by atoms with Gasteiger partial charge in [0.05, 0.1) is 13.2 Å². The molecular formula is C22H29FN4O2. The highest BCUT2D eigenvalue weighted by atomic mass is 19.1. The van der Waals surface area contributed by atoms with Crippen LogP contribution in [0.25, 0.3) is 0 Å². The summed E-state index contributed by atoms with van der Waals surface area (Å²) in [5.41, 5.74) is 8.30. The number of benzene rings is 2. The molecule has 0 aliphatic carbocycles. The molecule has 2 aromatic rings. The zero-order valence-corrected chi connectivity index (χ0v) is 16.9. The first-order valence-electron chi connectivity index (χ1n) is 9.92. The van der Waals surface area contributed by atoms with Crippen molar-refractivity contribution in [3.8, 4) is 5.75 Å². The molecule has 1 fully saturated rings. The van der Waals surface area contributed by atoms with Gasteiger partial charge in [-0.1, -0.05) is 12.1 Å². The van der Waals surface area contributed by atoms with E-state index in [9.17, 15) is 4.39 Å². The molecule has 2 N–H and O–H groups in total. The number of nitrogens with two attached hydrogens (primary N) is 1. The molecule has 29 heavy (non-hydrogen) atoms. The summed E-state index contributed by atoms with van der Waals surface area (Å²) < 4.78 is 23.9. The van der Waals surface area contributed by atoms with Crippen molar-refractivity contribution in [3.05, 3.63) is 59.9 Å². The van der Waals surface area contributed by atoms with Gasteiger partial charge in [0.15, 0.2) is 5.96 Å². The van der Waals surface area contributed by atoms with E-state index in [4.69, 9.17) is 15.2 Å². The van der Waals surface area contributed by atoms with Crippen molar-refractivity contribution in [2.24, 2.45) is 10.7 Å². The Morgan fingerprint density at radius 3 is 2.55 bits per heavy atom. The molecule has 3 rings (SSSR count). The molecule has 1 aliphatic heterocycles. The Labute approximate surface area is 171 Å². The van der Waals surface area contributed by atoms with E-state index in [-0.39, 0.29) is 5.82 Å². The largest absolute Gasteiger partial charge is 0.493 e. The molecule has 7 heteroatoms. The molecular weight excluding hydrogens is 371 g/mol. The summed E-state index contributed by atoms with van der Waals surface area (Å²) in [6.45, 7) is 5.05. The van der Waals surface area contributed by atoms with Crippen molar-refractivity contribution in [1.29, 1.82) is 0 Å². The van der Waals surface area contributed by atoms with Gasteiger partial charge in [0.2, 0.25) is 0 Å². The second-order valence-electron chi connectivity index (χ2n) is 6.97. The van der Waals surface area contributed by atoms with E-state index in [1.165, 1.54) is 12.1 Å². The van der Waals surface area contributed by atoms with Crippen molar-refractivity contribution in [2.45, 2.75) is 13.0 Å². The van der Waals surface area contributed by atoms with Crippen LogP contribution in [0.4, 0.5) is 10.1 Å². The lowest BCUT2D eigenvalue weighted by molar-refractivity contribution is 0.172. The summed E-state index contributed by atoms with van der Waals surface area (Å²) >= 11 is 0. The quantitative estimate of drug-likeness (QED) is 0.419. The summed E-state index contributed by atoms with van der Waals surface area (Å²) in [6.07, 6.45) is 0.857. The molecule has 0 atom stereocenters. The van der Waals surface area contributed by atoms with Gasteiger partial charge in [-0.05, 0) is 42.0 Å². The molecule has 0 radical (unpaired) electrons. The third-order valence-corrected chi connectivity index (χ3v) is 4.88. The number of nitrogens with zero attached hydrogens (tertiary/aromatic N) is 3. The zero-order chi connectivity index (χ0) is 20.5. The summed E-state index contributed by atoms with van der Waals surface area (Å²) in [7, 11) is 1.69. The topological polar surface area (TPSA) is 63.3 Å². The minimum Gasteiger partial charge on any atom is -0.493 e. The first-order valence-corrected chi connectivity index (χ1v) is 9.92. The van der Waals surface area contributed by atoms with Gasteiger partial charge in [-0.15, -0.1) is 0 Å². The van der Waals surface area contributed by atoms with Crippen LogP contribution >= 0.6 is 0 Å². The Bertz CT molecular complexity index is 790. The summed E-state index contributed by atoms with van der Waals surface area (Å²) in [5, 5.41) is 0. The predicted octanol–water partition coefficient (Wildman–Crippen LogP) is 2.88. The maximum Gasteiger partial charge on any atom is 0.191 e. The number of halogens is 1. The molecule has 0 aromatic heterocycles. The molecule has 2 aromatic carbocycles. The van der Waals surface area contributed by atoms with Crippen LogP contribution in [0.2, 0.25) is 0 Å². The van der Waals surface area contributed by atoms with Gasteiger partial charge in [0.25, 0.3) is 0 Å². The van der Waals surface area contributed by atoms with Crippen molar-refractivity contribution in [2.75, 3.05) is 51.4 Å².